The maximum atomic E-state index is 12.7. The molecule has 1 amide bonds. The number of aromatic hydroxyl groups is 1. The highest BCUT2D eigenvalue weighted by Gasteiger charge is 2.28. The zero-order valence-corrected chi connectivity index (χ0v) is 18.7. The number of carbonyl (C=O) groups excluding carboxylic acids is 1. The van der Waals surface area contributed by atoms with Crippen molar-refractivity contribution in [3.8, 4) is 17.2 Å². The third-order valence-corrected chi connectivity index (χ3v) is 7.20. The molecule has 0 saturated heterocycles. The SMILES string of the molecule is Cc1cc(NC(=O)C(=O)O)cc(C)c1Oc1ccc(O)c(NS(=O)(=O)C2CCCCC2)c1. The largest absolute Gasteiger partial charge is 0.506 e. The van der Waals surface area contributed by atoms with Crippen LogP contribution in [0.1, 0.15) is 43.2 Å². The Morgan fingerprint density at radius 1 is 1.03 bits per heavy atom. The Kier molecular flexibility index (Phi) is 6.93. The van der Waals surface area contributed by atoms with Crippen LogP contribution in [0.25, 0.3) is 0 Å². The van der Waals surface area contributed by atoms with Gasteiger partial charge in [0, 0.05) is 11.8 Å². The van der Waals surface area contributed by atoms with Crippen LogP contribution >= 0.6 is 0 Å². The number of anilines is 2. The van der Waals surface area contributed by atoms with Crippen LogP contribution in [0.3, 0.4) is 0 Å². The van der Waals surface area contributed by atoms with E-state index in [-0.39, 0.29) is 11.4 Å². The molecule has 9 nitrogen and oxygen atoms in total. The summed E-state index contributed by atoms with van der Waals surface area (Å²) in [4.78, 5) is 22.1. The standard InChI is InChI=1S/C22H26N2O7S/c1-13-10-15(23-21(26)22(27)28)11-14(2)20(13)31-16-8-9-19(25)18(12-16)24-32(29,30)17-6-4-3-5-7-17/h8-12,17,24-25H,3-7H2,1-2H3,(H,23,26)(H,27,28). The van der Waals surface area contributed by atoms with Gasteiger partial charge in [-0.15, -0.1) is 0 Å². The van der Waals surface area contributed by atoms with Crippen molar-refractivity contribution >= 4 is 33.3 Å². The van der Waals surface area contributed by atoms with E-state index in [4.69, 9.17) is 9.84 Å². The molecule has 1 aliphatic rings. The lowest BCUT2D eigenvalue weighted by Gasteiger charge is -2.23. The molecular weight excluding hydrogens is 436 g/mol. The van der Waals surface area contributed by atoms with Gasteiger partial charge in [0.05, 0.1) is 10.9 Å². The van der Waals surface area contributed by atoms with Crippen LogP contribution in [0.5, 0.6) is 17.2 Å². The van der Waals surface area contributed by atoms with E-state index in [1.807, 2.05) is 0 Å². The van der Waals surface area contributed by atoms with Crippen LogP contribution < -0.4 is 14.8 Å². The van der Waals surface area contributed by atoms with E-state index < -0.39 is 27.1 Å². The molecule has 32 heavy (non-hydrogen) atoms. The summed E-state index contributed by atoms with van der Waals surface area (Å²) in [5.74, 6) is -2.18. The second-order valence-electron chi connectivity index (χ2n) is 7.89. The van der Waals surface area contributed by atoms with Crippen LogP contribution in [-0.4, -0.2) is 35.8 Å². The van der Waals surface area contributed by atoms with E-state index >= 15 is 0 Å². The molecule has 1 fully saturated rings. The summed E-state index contributed by atoms with van der Waals surface area (Å²) in [6.07, 6.45) is 3.94. The summed E-state index contributed by atoms with van der Waals surface area (Å²) in [6, 6.07) is 7.40. The predicted octanol–water partition coefficient (Wildman–Crippen LogP) is 3.90. The maximum absolute atomic E-state index is 12.7. The number of carbonyl (C=O) groups is 2. The molecule has 0 spiro atoms. The predicted molar refractivity (Wildman–Crippen MR) is 120 cm³/mol. The molecule has 4 N–H and O–H groups in total. The maximum Gasteiger partial charge on any atom is 0.394 e. The van der Waals surface area contributed by atoms with Crippen molar-refractivity contribution in [1.29, 1.82) is 0 Å². The average Bonchev–Trinajstić information content (AvgIpc) is 2.73. The lowest BCUT2D eigenvalue weighted by molar-refractivity contribution is -0.147. The van der Waals surface area contributed by atoms with Gasteiger partial charge in [0.15, 0.2) is 0 Å². The molecule has 1 saturated carbocycles. The molecule has 2 aromatic rings. The molecule has 0 aromatic heterocycles. The van der Waals surface area contributed by atoms with Crippen molar-refractivity contribution < 1.29 is 33.0 Å². The van der Waals surface area contributed by atoms with Gasteiger partial charge in [-0.2, -0.15) is 0 Å². The summed E-state index contributed by atoms with van der Waals surface area (Å²) < 4.78 is 33.9. The van der Waals surface area contributed by atoms with E-state index in [1.165, 1.54) is 18.2 Å². The van der Waals surface area contributed by atoms with E-state index in [0.29, 0.717) is 41.2 Å². The fraction of sp³-hybridized carbons (Fsp3) is 0.364. The van der Waals surface area contributed by atoms with Crippen LogP contribution in [-0.2, 0) is 19.6 Å². The third-order valence-electron chi connectivity index (χ3n) is 5.34. The van der Waals surface area contributed by atoms with Crippen molar-refractivity contribution in [3.05, 3.63) is 41.5 Å². The summed E-state index contributed by atoms with van der Waals surface area (Å²) in [5.41, 5.74) is 1.60. The molecule has 1 aliphatic carbocycles. The quantitative estimate of drug-likeness (QED) is 0.377. The number of phenols is 1. The first-order chi connectivity index (χ1) is 15.1. The Bertz CT molecular complexity index is 1120. The summed E-state index contributed by atoms with van der Waals surface area (Å²) in [6.45, 7) is 3.46. The van der Waals surface area contributed by atoms with Gasteiger partial charge in [-0.25, -0.2) is 13.2 Å². The number of sulfonamides is 1. The number of aliphatic carboxylic acids is 1. The van der Waals surface area contributed by atoms with Gasteiger partial charge in [-0.1, -0.05) is 19.3 Å². The molecule has 2 aromatic carbocycles. The summed E-state index contributed by atoms with van der Waals surface area (Å²) >= 11 is 0. The normalized spacial score (nSPS) is 14.6. The van der Waals surface area contributed by atoms with Gasteiger partial charge in [-0.3, -0.25) is 9.52 Å². The number of hydrogen-bond acceptors (Lipinski definition) is 6. The Hall–Kier alpha value is -3.27. The first kappa shape index (κ1) is 23.4. The lowest BCUT2D eigenvalue weighted by Crippen LogP contribution is -2.29. The van der Waals surface area contributed by atoms with Crippen molar-refractivity contribution in [2.75, 3.05) is 10.0 Å². The average molecular weight is 463 g/mol. The van der Waals surface area contributed by atoms with Crippen LogP contribution in [0, 0.1) is 13.8 Å². The number of benzene rings is 2. The minimum atomic E-state index is -3.64. The molecular formula is C22H26N2O7S. The minimum absolute atomic E-state index is 0.0359. The molecule has 172 valence electrons. The second kappa shape index (κ2) is 9.47. The Morgan fingerprint density at radius 3 is 2.25 bits per heavy atom. The minimum Gasteiger partial charge on any atom is -0.506 e. The van der Waals surface area contributed by atoms with E-state index in [0.717, 1.165) is 19.3 Å². The molecule has 3 rings (SSSR count). The van der Waals surface area contributed by atoms with Crippen LogP contribution in [0.15, 0.2) is 30.3 Å². The second-order valence-corrected chi connectivity index (χ2v) is 9.85. The fourth-order valence-electron chi connectivity index (χ4n) is 3.76. The monoisotopic (exact) mass is 462 g/mol. The number of rotatable bonds is 6. The van der Waals surface area contributed by atoms with Gasteiger partial charge >= 0.3 is 11.9 Å². The molecule has 0 heterocycles. The number of aryl methyl sites for hydroxylation is 2. The van der Waals surface area contributed by atoms with Gasteiger partial charge in [0.1, 0.15) is 17.2 Å². The Labute approximate surface area is 186 Å². The van der Waals surface area contributed by atoms with Crippen molar-refractivity contribution in [3.63, 3.8) is 0 Å². The highest BCUT2D eigenvalue weighted by Crippen LogP contribution is 2.36. The van der Waals surface area contributed by atoms with Gasteiger partial charge in [-0.05, 0) is 62.1 Å². The molecule has 0 radical (unpaired) electrons. The number of hydrogen-bond donors (Lipinski definition) is 4. The third kappa shape index (κ3) is 5.50. The number of carboxylic acid groups (broad SMARTS) is 1. The molecule has 0 atom stereocenters. The zero-order chi connectivity index (χ0) is 23.5. The van der Waals surface area contributed by atoms with E-state index in [1.54, 1.807) is 26.0 Å². The Morgan fingerprint density at radius 2 is 1.66 bits per heavy atom. The lowest BCUT2D eigenvalue weighted by atomic mass is 10.0. The highest BCUT2D eigenvalue weighted by atomic mass is 32.2. The molecule has 0 aliphatic heterocycles. The Balaban J connectivity index is 1.81. The smallest absolute Gasteiger partial charge is 0.394 e. The molecule has 0 unspecified atom stereocenters. The molecule has 10 heteroatoms. The van der Waals surface area contributed by atoms with Crippen molar-refractivity contribution in [2.45, 2.75) is 51.2 Å². The highest BCUT2D eigenvalue weighted by molar-refractivity contribution is 7.93. The number of carboxylic acids is 1. The van der Waals surface area contributed by atoms with Gasteiger partial charge < -0.3 is 20.3 Å². The van der Waals surface area contributed by atoms with Crippen molar-refractivity contribution in [2.24, 2.45) is 0 Å². The molecule has 0 bridgehead atoms. The van der Waals surface area contributed by atoms with Crippen molar-refractivity contribution in [1.82, 2.24) is 0 Å². The first-order valence-corrected chi connectivity index (χ1v) is 11.8. The fourth-order valence-corrected chi connectivity index (χ4v) is 5.35. The van der Waals surface area contributed by atoms with Gasteiger partial charge in [0.2, 0.25) is 10.0 Å². The number of ether oxygens (including phenoxy) is 1. The van der Waals surface area contributed by atoms with E-state index in [9.17, 15) is 23.1 Å². The zero-order valence-electron chi connectivity index (χ0n) is 17.8. The van der Waals surface area contributed by atoms with Crippen LogP contribution in [0.2, 0.25) is 0 Å². The first-order valence-electron chi connectivity index (χ1n) is 10.2. The van der Waals surface area contributed by atoms with Gasteiger partial charge in [0.25, 0.3) is 0 Å². The number of amides is 1. The van der Waals surface area contributed by atoms with E-state index in [2.05, 4.69) is 10.0 Å². The number of nitrogens with one attached hydrogen (secondary N) is 2. The topological polar surface area (TPSA) is 142 Å². The summed E-state index contributed by atoms with van der Waals surface area (Å²) in [7, 11) is -3.64. The van der Waals surface area contributed by atoms with Crippen LogP contribution in [0.4, 0.5) is 11.4 Å². The number of phenolic OH excluding ortho intramolecular Hbond substituents is 1. The summed E-state index contributed by atoms with van der Waals surface area (Å²) in [5, 5.41) is 20.7.